The zero-order valence-corrected chi connectivity index (χ0v) is 11.9. The van der Waals surface area contributed by atoms with E-state index in [1.165, 1.54) is 0 Å². The Kier molecular flexibility index (Phi) is 4.29. The van der Waals surface area contributed by atoms with Crippen molar-refractivity contribution in [2.45, 2.75) is 0 Å². The second kappa shape index (κ2) is 5.96. The van der Waals surface area contributed by atoms with Crippen LogP contribution in [0.5, 0.6) is 0 Å². The lowest BCUT2D eigenvalue weighted by atomic mass is 10.2. The quantitative estimate of drug-likeness (QED) is 0.777. The lowest BCUT2D eigenvalue weighted by Gasteiger charge is -2.35. The molecule has 0 spiro atoms. The molecule has 2 rings (SSSR count). The van der Waals surface area contributed by atoms with E-state index in [0.29, 0.717) is 44.1 Å². The molecule has 1 saturated heterocycles. The fraction of sp³-hybridized carbons (Fsp3) is 0.538. The molecule has 7 heteroatoms. The van der Waals surface area contributed by atoms with Gasteiger partial charge in [0.25, 0.3) is 5.91 Å². The summed E-state index contributed by atoms with van der Waals surface area (Å²) in [6, 6.07) is 1.63. The fourth-order valence-corrected chi connectivity index (χ4v) is 2.23. The molecule has 1 fully saturated rings. The highest BCUT2D eigenvalue weighted by Gasteiger charge is 2.25. The molecule has 1 aliphatic heterocycles. The zero-order chi connectivity index (χ0) is 14.7. The van der Waals surface area contributed by atoms with Crippen molar-refractivity contribution in [3.63, 3.8) is 0 Å². The summed E-state index contributed by atoms with van der Waals surface area (Å²) in [5, 5.41) is 0. The number of nitrogens with two attached hydrogens (primary N) is 1. The molecule has 0 radical (unpaired) electrons. The summed E-state index contributed by atoms with van der Waals surface area (Å²) < 4.78 is 0. The van der Waals surface area contributed by atoms with Gasteiger partial charge in [-0.3, -0.25) is 9.59 Å². The first-order valence-electron chi connectivity index (χ1n) is 6.63. The number of amides is 2. The van der Waals surface area contributed by atoms with Crippen molar-refractivity contribution in [2.24, 2.45) is 0 Å². The number of aromatic amines is 1. The number of hydrogen-bond donors (Lipinski definition) is 2. The number of nitrogens with one attached hydrogen (secondary N) is 1. The third kappa shape index (κ3) is 3.30. The summed E-state index contributed by atoms with van der Waals surface area (Å²) in [5.41, 5.74) is 6.64. The highest BCUT2D eigenvalue weighted by Crippen LogP contribution is 2.10. The normalized spacial score (nSPS) is 15.8. The lowest BCUT2D eigenvalue weighted by molar-refractivity contribution is -0.133. The highest BCUT2D eigenvalue weighted by molar-refractivity contribution is 5.93. The van der Waals surface area contributed by atoms with Crippen LogP contribution in [-0.2, 0) is 4.79 Å². The van der Waals surface area contributed by atoms with Crippen LogP contribution in [0.2, 0.25) is 0 Å². The Morgan fingerprint density at radius 1 is 1.25 bits per heavy atom. The van der Waals surface area contributed by atoms with Gasteiger partial charge in [-0.15, -0.1) is 0 Å². The molecule has 110 valence electrons. The molecule has 1 aromatic rings. The molecule has 20 heavy (non-hydrogen) atoms. The van der Waals surface area contributed by atoms with Crippen LogP contribution in [0, 0.1) is 0 Å². The monoisotopic (exact) mass is 279 g/mol. The van der Waals surface area contributed by atoms with Gasteiger partial charge in [0.05, 0.1) is 6.54 Å². The molecule has 0 unspecified atom stereocenters. The van der Waals surface area contributed by atoms with E-state index in [1.807, 2.05) is 19.0 Å². The average molecular weight is 279 g/mol. The number of carbonyl (C=O) groups excluding carboxylic acids is 2. The number of nitrogen functional groups attached to an aromatic ring is 1. The Morgan fingerprint density at radius 3 is 2.35 bits per heavy atom. The summed E-state index contributed by atoms with van der Waals surface area (Å²) >= 11 is 0. The van der Waals surface area contributed by atoms with Gasteiger partial charge in [-0.25, -0.2) is 0 Å². The van der Waals surface area contributed by atoms with Gasteiger partial charge >= 0.3 is 0 Å². The van der Waals surface area contributed by atoms with Crippen LogP contribution in [0.3, 0.4) is 0 Å². The largest absolute Gasteiger partial charge is 0.397 e. The van der Waals surface area contributed by atoms with Crippen molar-refractivity contribution in [2.75, 3.05) is 52.6 Å². The Labute approximate surface area is 118 Å². The van der Waals surface area contributed by atoms with Crippen molar-refractivity contribution >= 4 is 17.5 Å². The molecule has 7 nitrogen and oxygen atoms in total. The minimum Gasteiger partial charge on any atom is -0.397 e. The predicted molar refractivity (Wildman–Crippen MR) is 76.2 cm³/mol. The van der Waals surface area contributed by atoms with Gasteiger partial charge in [-0.05, 0) is 20.2 Å². The number of rotatable bonds is 3. The maximum atomic E-state index is 12.2. The van der Waals surface area contributed by atoms with E-state index in [9.17, 15) is 9.59 Å². The Bertz CT molecular complexity index is 489. The smallest absolute Gasteiger partial charge is 0.270 e. The van der Waals surface area contributed by atoms with Crippen LogP contribution >= 0.6 is 0 Å². The van der Waals surface area contributed by atoms with E-state index >= 15 is 0 Å². The van der Waals surface area contributed by atoms with Gasteiger partial charge in [0.15, 0.2) is 0 Å². The number of nitrogens with zero attached hydrogens (tertiary/aromatic N) is 3. The van der Waals surface area contributed by atoms with E-state index in [1.54, 1.807) is 22.1 Å². The van der Waals surface area contributed by atoms with E-state index in [4.69, 9.17) is 5.73 Å². The summed E-state index contributed by atoms with van der Waals surface area (Å²) in [5.74, 6) is 0.0348. The average Bonchev–Trinajstić information content (AvgIpc) is 2.84. The molecule has 1 aromatic heterocycles. The topological polar surface area (TPSA) is 85.7 Å². The van der Waals surface area contributed by atoms with Crippen molar-refractivity contribution in [3.8, 4) is 0 Å². The minimum absolute atomic E-state index is 0.0681. The standard InChI is InChI=1S/C13H21N5O2/c1-16(2)9-12(19)17-3-5-18(6-4-17)13(20)11-7-10(14)8-15-11/h7-8,15H,3-6,9,14H2,1-2H3. The van der Waals surface area contributed by atoms with E-state index < -0.39 is 0 Å². The van der Waals surface area contributed by atoms with Crippen molar-refractivity contribution < 1.29 is 9.59 Å². The molecule has 2 heterocycles. The first kappa shape index (κ1) is 14.4. The predicted octanol–water partition coefficient (Wildman–Crippen LogP) is -0.557. The number of carbonyl (C=O) groups is 2. The zero-order valence-electron chi connectivity index (χ0n) is 11.9. The molecule has 2 amide bonds. The molecule has 1 aliphatic rings. The number of hydrogen-bond acceptors (Lipinski definition) is 4. The van der Waals surface area contributed by atoms with Gasteiger partial charge in [0, 0.05) is 38.1 Å². The highest BCUT2D eigenvalue weighted by atomic mass is 16.2. The van der Waals surface area contributed by atoms with Gasteiger partial charge < -0.3 is 25.4 Å². The van der Waals surface area contributed by atoms with Crippen molar-refractivity contribution in [1.29, 1.82) is 0 Å². The third-order valence-corrected chi connectivity index (χ3v) is 3.31. The van der Waals surface area contributed by atoms with Crippen molar-refractivity contribution in [1.82, 2.24) is 19.7 Å². The van der Waals surface area contributed by atoms with Gasteiger partial charge in [-0.2, -0.15) is 0 Å². The minimum atomic E-state index is -0.0681. The maximum absolute atomic E-state index is 12.2. The van der Waals surface area contributed by atoms with Crippen LogP contribution in [0.4, 0.5) is 5.69 Å². The Balaban J connectivity index is 1.88. The molecule has 0 aliphatic carbocycles. The van der Waals surface area contributed by atoms with Crippen LogP contribution in [-0.4, -0.2) is 78.3 Å². The molecule has 0 bridgehead atoms. The molecule has 0 atom stereocenters. The van der Waals surface area contributed by atoms with E-state index in [-0.39, 0.29) is 11.8 Å². The first-order valence-corrected chi connectivity index (χ1v) is 6.63. The SMILES string of the molecule is CN(C)CC(=O)N1CCN(C(=O)c2cc(N)c[nH]2)CC1. The van der Waals surface area contributed by atoms with Crippen LogP contribution in [0.1, 0.15) is 10.5 Å². The van der Waals surface area contributed by atoms with E-state index in [0.717, 1.165) is 0 Å². The number of aromatic nitrogens is 1. The Hall–Kier alpha value is -2.02. The fourth-order valence-electron chi connectivity index (χ4n) is 2.23. The van der Waals surface area contributed by atoms with Crippen LogP contribution < -0.4 is 5.73 Å². The molecule has 0 saturated carbocycles. The number of H-pyrrole nitrogens is 1. The first-order chi connectivity index (χ1) is 9.47. The second-order valence-corrected chi connectivity index (χ2v) is 5.26. The van der Waals surface area contributed by atoms with Crippen LogP contribution in [0.15, 0.2) is 12.3 Å². The van der Waals surface area contributed by atoms with Gasteiger partial charge in [-0.1, -0.05) is 0 Å². The van der Waals surface area contributed by atoms with Gasteiger partial charge in [0.2, 0.25) is 5.91 Å². The molecule has 3 N–H and O–H groups in total. The number of anilines is 1. The molecule has 0 aromatic carbocycles. The number of piperazine rings is 1. The molecular formula is C13H21N5O2. The summed E-state index contributed by atoms with van der Waals surface area (Å²) in [6.07, 6.45) is 1.60. The van der Waals surface area contributed by atoms with Gasteiger partial charge in [0.1, 0.15) is 5.69 Å². The van der Waals surface area contributed by atoms with Crippen LogP contribution in [0.25, 0.3) is 0 Å². The molecular weight excluding hydrogens is 258 g/mol. The van der Waals surface area contributed by atoms with Crippen molar-refractivity contribution in [3.05, 3.63) is 18.0 Å². The third-order valence-electron chi connectivity index (χ3n) is 3.31. The van der Waals surface area contributed by atoms with E-state index in [2.05, 4.69) is 4.98 Å². The second-order valence-electron chi connectivity index (χ2n) is 5.26. The lowest BCUT2D eigenvalue weighted by Crippen LogP contribution is -2.52. The summed E-state index contributed by atoms with van der Waals surface area (Å²) in [4.78, 5) is 32.4. The maximum Gasteiger partial charge on any atom is 0.270 e. The summed E-state index contributed by atoms with van der Waals surface area (Å²) in [6.45, 7) is 2.66. The summed E-state index contributed by atoms with van der Waals surface area (Å²) in [7, 11) is 3.74. The Morgan fingerprint density at radius 2 is 1.85 bits per heavy atom. The number of likely N-dealkylation sites (N-methyl/N-ethyl adjacent to an activating group) is 1.